The SMILES string of the molecule is CC.CC1[C@@H](C)CC[C@@H]1C. The summed E-state index contributed by atoms with van der Waals surface area (Å²) in [6.07, 6.45) is 2.92. The summed E-state index contributed by atoms with van der Waals surface area (Å²) in [6.45, 7) is 11.1. The van der Waals surface area contributed by atoms with Gasteiger partial charge >= 0.3 is 0 Å². The fraction of sp³-hybridized carbons (Fsp3) is 1.00. The zero-order valence-corrected chi connectivity index (χ0v) is 8.15. The van der Waals surface area contributed by atoms with Gasteiger partial charge in [-0.05, 0) is 17.8 Å². The molecule has 2 atom stereocenters. The molecule has 0 spiro atoms. The van der Waals surface area contributed by atoms with E-state index in [2.05, 4.69) is 20.8 Å². The molecule has 0 aromatic rings. The third-order valence-electron chi connectivity index (χ3n) is 2.87. The standard InChI is InChI=1S/C8H16.C2H6/c1-6-4-5-7(2)8(6)3;1-2/h6-8H,4-5H2,1-3H3;1-2H3/t6-,7-;/m0./s1. The maximum absolute atomic E-state index is 2.38. The number of rotatable bonds is 0. The van der Waals surface area contributed by atoms with E-state index in [1.165, 1.54) is 12.8 Å². The Morgan fingerprint density at radius 1 is 0.800 bits per heavy atom. The van der Waals surface area contributed by atoms with Crippen LogP contribution in [0.4, 0.5) is 0 Å². The van der Waals surface area contributed by atoms with Gasteiger partial charge in [-0.1, -0.05) is 47.5 Å². The predicted octanol–water partition coefficient (Wildman–Crippen LogP) is 3.71. The molecule has 0 unspecified atom stereocenters. The maximum Gasteiger partial charge on any atom is -0.0391 e. The molecule has 0 bridgehead atoms. The van der Waals surface area contributed by atoms with E-state index in [4.69, 9.17) is 0 Å². The lowest BCUT2D eigenvalue weighted by molar-refractivity contribution is 0.380. The van der Waals surface area contributed by atoms with Crippen molar-refractivity contribution in [3.05, 3.63) is 0 Å². The van der Waals surface area contributed by atoms with Crippen molar-refractivity contribution in [1.82, 2.24) is 0 Å². The van der Waals surface area contributed by atoms with E-state index < -0.39 is 0 Å². The van der Waals surface area contributed by atoms with Crippen molar-refractivity contribution in [3.8, 4) is 0 Å². The Morgan fingerprint density at radius 2 is 1.10 bits per heavy atom. The molecule has 0 saturated heterocycles. The Bertz CT molecular complexity index is 66.1. The van der Waals surface area contributed by atoms with Crippen molar-refractivity contribution < 1.29 is 0 Å². The Morgan fingerprint density at radius 3 is 1.20 bits per heavy atom. The highest BCUT2D eigenvalue weighted by Gasteiger charge is 2.25. The highest BCUT2D eigenvalue weighted by molar-refractivity contribution is 4.75. The molecule has 0 aromatic carbocycles. The Balaban J connectivity index is 0.000000371. The molecule has 0 nitrogen and oxygen atoms in total. The molecule has 0 aliphatic heterocycles. The maximum atomic E-state index is 2.38. The van der Waals surface area contributed by atoms with E-state index in [-0.39, 0.29) is 0 Å². The van der Waals surface area contributed by atoms with Gasteiger partial charge < -0.3 is 0 Å². The zero-order valence-electron chi connectivity index (χ0n) is 8.15. The molecule has 0 heteroatoms. The largest absolute Gasteiger partial charge is 0.0683 e. The smallest absolute Gasteiger partial charge is 0.0391 e. The van der Waals surface area contributed by atoms with Gasteiger partial charge in [0, 0.05) is 0 Å². The molecule has 0 radical (unpaired) electrons. The van der Waals surface area contributed by atoms with E-state index in [9.17, 15) is 0 Å². The predicted molar refractivity (Wildman–Crippen MR) is 48.1 cm³/mol. The first kappa shape index (κ1) is 10.0. The minimum Gasteiger partial charge on any atom is -0.0683 e. The second kappa shape index (κ2) is 4.76. The van der Waals surface area contributed by atoms with Crippen molar-refractivity contribution >= 4 is 0 Å². The van der Waals surface area contributed by atoms with Crippen LogP contribution in [-0.4, -0.2) is 0 Å². The fourth-order valence-electron chi connectivity index (χ4n) is 1.61. The number of hydrogen-bond donors (Lipinski definition) is 0. The van der Waals surface area contributed by atoms with Gasteiger partial charge in [0.05, 0.1) is 0 Å². The Labute approximate surface area is 66.0 Å². The van der Waals surface area contributed by atoms with Crippen LogP contribution >= 0.6 is 0 Å². The normalized spacial score (nSPS) is 33.3. The summed E-state index contributed by atoms with van der Waals surface area (Å²) in [4.78, 5) is 0. The monoisotopic (exact) mass is 142 g/mol. The van der Waals surface area contributed by atoms with Gasteiger partial charge in [-0.2, -0.15) is 0 Å². The minimum atomic E-state index is 0.981. The summed E-state index contributed by atoms with van der Waals surface area (Å²) in [6, 6.07) is 0. The van der Waals surface area contributed by atoms with Crippen molar-refractivity contribution in [3.63, 3.8) is 0 Å². The van der Waals surface area contributed by atoms with Gasteiger partial charge in [-0.15, -0.1) is 0 Å². The van der Waals surface area contributed by atoms with Crippen LogP contribution in [0.1, 0.15) is 47.5 Å². The summed E-state index contributed by atoms with van der Waals surface area (Å²) in [5.74, 6) is 2.96. The second-order valence-electron chi connectivity index (χ2n) is 3.39. The van der Waals surface area contributed by atoms with Gasteiger partial charge in [0.15, 0.2) is 0 Å². The Kier molecular flexibility index (Phi) is 4.76. The highest BCUT2D eigenvalue weighted by Crippen LogP contribution is 2.35. The lowest BCUT2D eigenvalue weighted by Crippen LogP contribution is -2.04. The van der Waals surface area contributed by atoms with E-state index in [0.29, 0.717) is 0 Å². The summed E-state index contributed by atoms with van der Waals surface area (Å²) in [7, 11) is 0. The molecule has 0 N–H and O–H groups in total. The fourth-order valence-corrected chi connectivity index (χ4v) is 1.61. The highest BCUT2D eigenvalue weighted by atomic mass is 14.3. The van der Waals surface area contributed by atoms with E-state index in [1.54, 1.807) is 0 Å². The van der Waals surface area contributed by atoms with Gasteiger partial charge in [-0.3, -0.25) is 0 Å². The van der Waals surface area contributed by atoms with Crippen molar-refractivity contribution in [2.45, 2.75) is 47.5 Å². The summed E-state index contributed by atoms with van der Waals surface area (Å²) in [5.41, 5.74) is 0. The van der Waals surface area contributed by atoms with Crippen molar-refractivity contribution in [2.24, 2.45) is 17.8 Å². The molecule has 1 fully saturated rings. The van der Waals surface area contributed by atoms with Crippen LogP contribution in [0.15, 0.2) is 0 Å². The minimum absolute atomic E-state index is 0.981. The third kappa shape index (κ3) is 2.32. The molecule has 1 saturated carbocycles. The van der Waals surface area contributed by atoms with Gasteiger partial charge in [0.1, 0.15) is 0 Å². The summed E-state index contributed by atoms with van der Waals surface area (Å²) < 4.78 is 0. The topological polar surface area (TPSA) is 0 Å². The lowest BCUT2D eigenvalue weighted by atomic mass is 9.94. The molecule has 0 heterocycles. The molecule has 0 amide bonds. The third-order valence-corrected chi connectivity index (χ3v) is 2.87. The molecule has 1 aliphatic rings. The summed E-state index contributed by atoms with van der Waals surface area (Å²) >= 11 is 0. The van der Waals surface area contributed by atoms with Crippen LogP contribution < -0.4 is 0 Å². The average Bonchev–Trinajstić information content (AvgIpc) is 2.25. The molecule has 0 aromatic heterocycles. The van der Waals surface area contributed by atoms with Crippen LogP contribution in [-0.2, 0) is 0 Å². The molecular formula is C10H22. The molecular weight excluding hydrogens is 120 g/mol. The van der Waals surface area contributed by atoms with Gasteiger partial charge in [-0.25, -0.2) is 0 Å². The van der Waals surface area contributed by atoms with E-state index in [0.717, 1.165) is 17.8 Å². The quantitative estimate of drug-likeness (QED) is 0.483. The first-order valence-electron chi connectivity index (χ1n) is 4.72. The summed E-state index contributed by atoms with van der Waals surface area (Å²) in [5, 5.41) is 0. The first-order chi connectivity index (χ1) is 4.72. The van der Waals surface area contributed by atoms with Crippen molar-refractivity contribution in [2.75, 3.05) is 0 Å². The average molecular weight is 142 g/mol. The van der Waals surface area contributed by atoms with Crippen LogP contribution in [0.25, 0.3) is 0 Å². The van der Waals surface area contributed by atoms with Crippen molar-refractivity contribution in [1.29, 1.82) is 0 Å². The van der Waals surface area contributed by atoms with Gasteiger partial charge in [0.25, 0.3) is 0 Å². The van der Waals surface area contributed by atoms with Crippen LogP contribution in [0.3, 0.4) is 0 Å². The van der Waals surface area contributed by atoms with Gasteiger partial charge in [0.2, 0.25) is 0 Å². The van der Waals surface area contributed by atoms with Crippen LogP contribution in [0, 0.1) is 17.8 Å². The molecule has 10 heavy (non-hydrogen) atoms. The van der Waals surface area contributed by atoms with E-state index >= 15 is 0 Å². The molecule has 62 valence electrons. The molecule has 1 rings (SSSR count). The second-order valence-corrected chi connectivity index (χ2v) is 3.39. The van der Waals surface area contributed by atoms with Crippen LogP contribution in [0.2, 0.25) is 0 Å². The van der Waals surface area contributed by atoms with E-state index in [1.807, 2.05) is 13.8 Å². The number of hydrogen-bond acceptors (Lipinski definition) is 0. The lowest BCUT2D eigenvalue weighted by Gasteiger charge is -2.11. The molecule has 1 aliphatic carbocycles. The Hall–Kier alpha value is 0. The van der Waals surface area contributed by atoms with Crippen LogP contribution in [0.5, 0.6) is 0 Å². The zero-order chi connectivity index (χ0) is 8.15. The first-order valence-corrected chi connectivity index (χ1v) is 4.72.